The van der Waals surface area contributed by atoms with Gasteiger partial charge in [-0.2, -0.15) is 0 Å². The van der Waals surface area contributed by atoms with Crippen LogP contribution >= 0.6 is 11.3 Å². The van der Waals surface area contributed by atoms with Gasteiger partial charge in [0.05, 0.1) is 12.0 Å². The van der Waals surface area contributed by atoms with Crippen molar-refractivity contribution < 1.29 is 44.1 Å². The molecule has 0 unspecified atom stereocenters. The van der Waals surface area contributed by atoms with Gasteiger partial charge in [-0.25, -0.2) is 0 Å². The van der Waals surface area contributed by atoms with E-state index >= 15 is 0 Å². The fraction of sp³-hybridized carbons (Fsp3) is 0.261. The smallest absolute Gasteiger partial charge is 0.307 e. The van der Waals surface area contributed by atoms with Gasteiger partial charge in [-0.05, 0) is 70.7 Å². The van der Waals surface area contributed by atoms with Crippen molar-refractivity contribution >= 4 is 52.4 Å². The highest BCUT2D eigenvalue weighted by atomic mass is 32.1. The van der Waals surface area contributed by atoms with E-state index in [1.54, 1.807) is 29.6 Å². The van der Waals surface area contributed by atoms with E-state index in [9.17, 15) is 44.1 Å². The van der Waals surface area contributed by atoms with Gasteiger partial charge in [0, 0.05) is 29.8 Å². The summed E-state index contributed by atoms with van der Waals surface area (Å²) in [6.45, 7) is 0. The molecule has 2 aliphatic rings. The molecule has 310 valence electrons. The van der Waals surface area contributed by atoms with E-state index in [-0.39, 0.29) is 31.4 Å². The zero-order valence-corrected chi connectivity index (χ0v) is 33.3. The standard InChI is InChI=1S/C46H46N4O9S/c51-39-26-33(46(58)59)24-29-15-20-34(21-16-29)47-44(56)40(52)41(53)45(57)50-38(27-35-12-7-23-60-35)43(55)49-37(42(54)48-36(39)22-17-28-8-3-1-4-9-28)25-30-13-18-32(19-14-30)31-10-5-2-6-11-31/h1-16,18-21,23,33,36-38,40-41,52-53H,17,22,24-27H2,(H,47,56)(H,48,54)(H,49,55)(H,50,57)(H,58,59)/t33-,36-,37+,38-,40-,41-/m1/s1. The van der Waals surface area contributed by atoms with Gasteiger partial charge in [0.25, 0.3) is 11.8 Å². The number of thiophene rings is 1. The Labute approximate surface area is 350 Å². The second-order valence-corrected chi connectivity index (χ2v) is 15.8. The van der Waals surface area contributed by atoms with Crippen LogP contribution in [-0.2, 0) is 54.5 Å². The number of carbonyl (C=O) groups is 6. The molecule has 0 saturated heterocycles. The second kappa shape index (κ2) is 20.5. The van der Waals surface area contributed by atoms with Crippen LogP contribution < -0.4 is 21.3 Å². The molecule has 3 heterocycles. The first-order valence-electron chi connectivity index (χ1n) is 19.6. The number of aliphatic hydroxyl groups is 2. The molecule has 1 aromatic heterocycles. The van der Waals surface area contributed by atoms with Gasteiger partial charge in [0.1, 0.15) is 12.1 Å². The van der Waals surface area contributed by atoms with E-state index in [0.717, 1.165) is 16.7 Å². The number of carboxylic acids is 1. The Balaban J connectivity index is 1.36. The molecule has 4 amide bonds. The monoisotopic (exact) mass is 830 g/mol. The molecule has 0 saturated carbocycles. The average molecular weight is 831 g/mol. The Morgan fingerprint density at radius 2 is 1.17 bits per heavy atom. The van der Waals surface area contributed by atoms with Gasteiger partial charge in [0.15, 0.2) is 18.0 Å². The molecule has 0 radical (unpaired) electrons. The predicted octanol–water partition coefficient (Wildman–Crippen LogP) is 3.86. The highest BCUT2D eigenvalue weighted by Crippen LogP contribution is 2.22. The van der Waals surface area contributed by atoms with Crippen LogP contribution in [0.3, 0.4) is 0 Å². The normalized spacial score (nSPS) is 22.1. The van der Waals surface area contributed by atoms with Gasteiger partial charge in [-0.1, -0.05) is 103 Å². The Morgan fingerprint density at radius 1 is 0.583 bits per heavy atom. The number of ketones is 1. The first kappa shape index (κ1) is 43.1. The molecule has 0 fully saturated rings. The molecule has 0 aliphatic carbocycles. The summed E-state index contributed by atoms with van der Waals surface area (Å²) in [6.07, 6.45) is -4.58. The number of hydrogen-bond donors (Lipinski definition) is 7. The average Bonchev–Trinajstić information content (AvgIpc) is 3.78. The fourth-order valence-electron chi connectivity index (χ4n) is 6.96. The summed E-state index contributed by atoms with van der Waals surface area (Å²) in [5, 5.41) is 44.0. The molecule has 13 nitrogen and oxygen atoms in total. The van der Waals surface area contributed by atoms with Crippen LogP contribution in [0.2, 0.25) is 0 Å². The van der Waals surface area contributed by atoms with Crippen LogP contribution in [0.4, 0.5) is 5.69 Å². The number of anilines is 1. The molecule has 2 bridgehead atoms. The summed E-state index contributed by atoms with van der Waals surface area (Å²) in [5.74, 6) is -6.75. The molecule has 5 aromatic rings. The van der Waals surface area contributed by atoms with Crippen molar-refractivity contribution in [3.8, 4) is 11.1 Å². The molecular formula is C46H46N4O9S. The zero-order chi connectivity index (χ0) is 42.6. The number of aliphatic carboxylic acids is 1. The van der Waals surface area contributed by atoms with Crippen LogP contribution in [0.1, 0.15) is 34.4 Å². The number of carboxylic acid groups (broad SMARTS) is 1. The van der Waals surface area contributed by atoms with E-state index < -0.39 is 78.1 Å². The lowest BCUT2D eigenvalue weighted by Crippen LogP contribution is -2.58. The Morgan fingerprint density at radius 3 is 1.80 bits per heavy atom. The van der Waals surface area contributed by atoms with Crippen molar-refractivity contribution in [2.45, 2.75) is 68.9 Å². The molecular weight excluding hydrogens is 785 g/mol. The fourth-order valence-corrected chi connectivity index (χ4v) is 7.71. The SMILES string of the molecule is O=C(O)[C@H]1CC(=O)[C@@H](CCc2ccccc2)NC(=O)[C@H](Cc2ccc(-c3ccccc3)cc2)NC(=O)[C@@H](Cc2cccs2)NC(=O)[C@H](O)[C@@H](O)C(=O)Nc2ccc(cc2)C1. The molecule has 6 atom stereocenters. The van der Waals surface area contributed by atoms with Gasteiger partial charge in [-0.3, -0.25) is 28.8 Å². The lowest BCUT2D eigenvalue weighted by atomic mass is 9.90. The third-order valence-electron chi connectivity index (χ3n) is 10.4. The summed E-state index contributed by atoms with van der Waals surface area (Å²) < 4.78 is 0. The number of benzene rings is 4. The Hall–Kier alpha value is -6.48. The summed E-state index contributed by atoms with van der Waals surface area (Å²) in [6, 6.07) is 32.0. The maximum atomic E-state index is 14.5. The lowest BCUT2D eigenvalue weighted by molar-refractivity contribution is -0.145. The number of fused-ring (bicyclic) bond motifs is 18. The van der Waals surface area contributed by atoms with Crippen LogP contribution in [0.25, 0.3) is 11.1 Å². The summed E-state index contributed by atoms with van der Waals surface area (Å²) in [5.41, 5.74) is 4.16. The number of carbonyl (C=O) groups excluding carboxylic acids is 5. The van der Waals surface area contributed by atoms with Crippen LogP contribution in [-0.4, -0.2) is 81.0 Å². The number of aliphatic hydroxyl groups excluding tert-OH is 2. The number of hydrogen-bond acceptors (Lipinski definition) is 9. The third kappa shape index (κ3) is 11.8. The first-order valence-corrected chi connectivity index (χ1v) is 20.4. The molecule has 7 rings (SSSR count). The van der Waals surface area contributed by atoms with Gasteiger partial charge >= 0.3 is 5.97 Å². The van der Waals surface area contributed by atoms with Crippen LogP contribution in [0.5, 0.6) is 0 Å². The second-order valence-electron chi connectivity index (χ2n) is 14.7. The Bertz CT molecular complexity index is 2250. The zero-order valence-electron chi connectivity index (χ0n) is 32.5. The quantitative estimate of drug-likeness (QED) is 0.107. The number of nitrogens with one attached hydrogen (secondary N) is 4. The summed E-state index contributed by atoms with van der Waals surface area (Å²) >= 11 is 1.30. The predicted molar refractivity (Wildman–Crippen MR) is 226 cm³/mol. The van der Waals surface area contributed by atoms with Crippen molar-refractivity contribution in [2.24, 2.45) is 5.92 Å². The van der Waals surface area contributed by atoms with Crippen molar-refractivity contribution in [2.75, 3.05) is 5.32 Å². The highest BCUT2D eigenvalue weighted by Gasteiger charge is 2.36. The van der Waals surface area contributed by atoms with Crippen molar-refractivity contribution in [1.29, 1.82) is 0 Å². The highest BCUT2D eigenvalue weighted by molar-refractivity contribution is 7.09. The minimum absolute atomic E-state index is 0.0407. The number of rotatable bonds is 9. The van der Waals surface area contributed by atoms with Gasteiger partial charge in [0.2, 0.25) is 11.8 Å². The van der Waals surface area contributed by atoms with E-state index in [1.807, 2.05) is 84.9 Å². The molecule has 7 N–H and O–H groups in total. The van der Waals surface area contributed by atoms with Crippen molar-refractivity contribution in [3.63, 3.8) is 0 Å². The summed E-state index contributed by atoms with van der Waals surface area (Å²) in [4.78, 5) is 82.4. The maximum absolute atomic E-state index is 14.5. The third-order valence-corrected chi connectivity index (χ3v) is 11.3. The summed E-state index contributed by atoms with van der Waals surface area (Å²) in [7, 11) is 0. The number of amides is 4. The maximum Gasteiger partial charge on any atom is 0.307 e. The van der Waals surface area contributed by atoms with Gasteiger partial charge < -0.3 is 36.6 Å². The van der Waals surface area contributed by atoms with E-state index in [4.69, 9.17) is 0 Å². The molecule has 2 aliphatic heterocycles. The lowest BCUT2D eigenvalue weighted by Gasteiger charge is -2.26. The number of aryl methyl sites for hydroxylation is 1. The van der Waals surface area contributed by atoms with E-state index in [0.29, 0.717) is 22.4 Å². The van der Waals surface area contributed by atoms with E-state index in [2.05, 4.69) is 21.3 Å². The molecule has 4 aromatic carbocycles. The van der Waals surface area contributed by atoms with Gasteiger partial charge in [-0.15, -0.1) is 11.3 Å². The van der Waals surface area contributed by atoms with Crippen LogP contribution in [0, 0.1) is 5.92 Å². The topological polar surface area (TPSA) is 211 Å². The molecule has 60 heavy (non-hydrogen) atoms. The van der Waals surface area contributed by atoms with E-state index in [1.165, 1.54) is 23.5 Å². The molecule has 14 heteroatoms. The largest absolute Gasteiger partial charge is 0.481 e. The minimum Gasteiger partial charge on any atom is -0.481 e. The Kier molecular flexibility index (Phi) is 14.7. The number of Topliss-reactive ketones (excluding diaryl/α,β-unsaturated/α-hetero) is 1. The van der Waals surface area contributed by atoms with Crippen molar-refractivity contribution in [1.82, 2.24) is 16.0 Å². The van der Waals surface area contributed by atoms with Crippen molar-refractivity contribution in [3.05, 3.63) is 148 Å². The van der Waals surface area contributed by atoms with Crippen LogP contribution in [0.15, 0.2) is 127 Å². The first-order chi connectivity index (χ1) is 28.9. The minimum atomic E-state index is -2.29. The molecule has 0 spiro atoms.